The highest BCUT2D eigenvalue weighted by Gasteiger charge is 2.41. The van der Waals surface area contributed by atoms with Gasteiger partial charge in [-0.3, -0.25) is 4.79 Å². The monoisotopic (exact) mass is 380 g/mol. The highest BCUT2D eigenvalue weighted by Crippen LogP contribution is 2.33. The van der Waals surface area contributed by atoms with Gasteiger partial charge >= 0.3 is 0 Å². The first-order valence-electron chi connectivity index (χ1n) is 9.99. The standard InChI is InChI=1S/C21H24N4O3/c26-20(24-10-7-21(8-11-24)27-12-13-28-21)17-14-23-19(15-22-17)25-9-3-5-16-4-1-2-6-18(16)25/h1-2,4,6,14-15H,3,5,7-13H2. The molecule has 28 heavy (non-hydrogen) atoms. The van der Waals surface area contributed by atoms with Crippen molar-refractivity contribution < 1.29 is 14.3 Å². The van der Waals surface area contributed by atoms with E-state index >= 15 is 0 Å². The van der Waals surface area contributed by atoms with Crippen molar-refractivity contribution in [1.82, 2.24) is 14.9 Å². The summed E-state index contributed by atoms with van der Waals surface area (Å²) in [5.41, 5.74) is 2.90. The number of aromatic nitrogens is 2. The minimum Gasteiger partial charge on any atom is -0.347 e. The summed E-state index contributed by atoms with van der Waals surface area (Å²) in [6.45, 7) is 3.41. The zero-order valence-electron chi connectivity index (χ0n) is 15.8. The number of fused-ring (bicyclic) bond motifs is 1. The lowest BCUT2D eigenvalue weighted by Gasteiger charge is -2.37. The summed E-state index contributed by atoms with van der Waals surface area (Å²) < 4.78 is 11.5. The summed E-state index contributed by atoms with van der Waals surface area (Å²) in [4.78, 5) is 25.8. The molecule has 0 radical (unpaired) electrons. The van der Waals surface area contributed by atoms with Crippen LogP contribution >= 0.6 is 0 Å². The van der Waals surface area contributed by atoms with Crippen molar-refractivity contribution in [3.05, 3.63) is 47.9 Å². The number of rotatable bonds is 2. The van der Waals surface area contributed by atoms with Gasteiger partial charge in [-0.25, -0.2) is 9.97 Å². The third-order valence-electron chi connectivity index (χ3n) is 5.87. The summed E-state index contributed by atoms with van der Waals surface area (Å²) in [6.07, 6.45) is 6.88. The maximum absolute atomic E-state index is 12.8. The fourth-order valence-electron chi connectivity index (χ4n) is 4.34. The number of carbonyl (C=O) groups is 1. The third kappa shape index (κ3) is 3.14. The van der Waals surface area contributed by atoms with Crippen molar-refractivity contribution in [2.24, 2.45) is 0 Å². The topological polar surface area (TPSA) is 67.8 Å². The number of carbonyl (C=O) groups excluding carboxylic acids is 1. The number of anilines is 2. The Morgan fingerprint density at radius 1 is 1.00 bits per heavy atom. The number of aryl methyl sites for hydroxylation is 1. The van der Waals surface area contributed by atoms with Gasteiger partial charge < -0.3 is 19.3 Å². The molecule has 0 unspecified atom stereocenters. The number of para-hydroxylation sites is 1. The number of benzene rings is 1. The van der Waals surface area contributed by atoms with Crippen LogP contribution in [0.25, 0.3) is 0 Å². The van der Waals surface area contributed by atoms with Crippen LogP contribution in [0, 0.1) is 0 Å². The minimum absolute atomic E-state index is 0.0778. The second kappa shape index (κ2) is 7.14. The maximum Gasteiger partial charge on any atom is 0.274 e. The van der Waals surface area contributed by atoms with E-state index in [1.165, 1.54) is 11.3 Å². The molecule has 1 aromatic carbocycles. The number of nitrogens with zero attached hydrogens (tertiary/aromatic N) is 4. The van der Waals surface area contributed by atoms with E-state index in [2.05, 4.69) is 33.1 Å². The Kier molecular flexibility index (Phi) is 4.49. The van der Waals surface area contributed by atoms with Gasteiger partial charge in [0.2, 0.25) is 0 Å². The molecule has 2 saturated heterocycles. The van der Waals surface area contributed by atoms with Gasteiger partial charge in [0, 0.05) is 38.2 Å². The summed E-state index contributed by atoms with van der Waals surface area (Å²) in [5.74, 6) is 0.230. The van der Waals surface area contributed by atoms with E-state index in [0.717, 1.165) is 25.2 Å². The van der Waals surface area contributed by atoms with Crippen molar-refractivity contribution in [2.45, 2.75) is 31.5 Å². The lowest BCUT2D eigenvalue weighted by molar-refractivity contribution is -0.181. The van der Waals surface area contributed by atoms with Gasteiger partial charge in [0.15, 0.2) is 11.6 Å². The van der Waals surface area contributed by atoms with Gasteiger partial charge in [0.1, 0.15) is 5.69 Å². The van der Waals surface area contributed by atoms with Gasteiger partial charge in [-0.05, 0) is 24.5 Å². The van der Waals surface area contributed by atoms with E-state index in [1.807, 2.05) is 11.0 Å². The Bertz CT molecular complexity index is 854. The largest absolute Gasteiger partial charge is 0.347 e. The second-order valence-corrected chi connectivity index (χ2v) is 7.54. The van der Waals surface area contributed by atoms with Gasteiger partial charge in [0.05, 0.1) is 25.6 Å². The smallest absolute Gasteiger partial charge is 0.274 e. The summed E-state index contributed by atoms with van der Waals surface area (Å²) >= 11 is 0. The molecular formula is C21H24N4O3. The first-order valence-corrected chi connectivity index (χ1v) is 9.99. The Balaban J connectivity index is 1.29. The van der Waals surface area contributed by atoms with Crippen LogP contribution in [0.4, 0.5) is 11.5 Å². The molecule has 1 spiro atoms. The molecule has 7 nitrogen and oxygen atoms in total. The molecular weight excluding hydrogens is 356 g/mol. The number of likely N-dealkylation sites (tertiary alicyclic amines) is 1. The van der Waals surface area contributed by atoms with E-state index in [-0.39, 0.29) is 5.91 Å². The van der Waals surface area contributed by atoms with Crippen molar-refractivity contribution in [3.63, 3.8) is 0 Å². The van der Waals surface area contributed by atoms with Crippen molar-refractivity contribution in [2.75, 3.05) is 37.7 Å². The highest BCUT2D eigenvalue weighted by atomic mass is 16.7. The van der Waals surface area contributed by atoms with Gasteiger partial charge in [-0.2, -0.15) is 0 Å². The van der Waals surface area contributed by atoms with Crippen molar-refractivity contribution in [3.8, 4) is 0 Å². The van der Waals surface area contributed by atoms with Gasteiger partial charge in [-0.15, -0.1) is 0 Å². The first kappa shape index (κ1) is 17.6. The lowest BCUT2D eigenvalue weighted by atomic mass is 10.0. The molecule has 2 fully saturated rings. The maximum atomic E-state index is 12.8. The van der Waals surface area contributed by atoms with Crippen LogP contribution in [-0.2, 0) is 15.9 Å². The van der Waals surface area contributed by atoms with E-state index < -0.39 is 5.79 Å². The normalized spacial score (nSPS) is 21.0. The zero-order chi connectivity index (χ0) is 19.0. The zero-order valence-corrected chi connectivity index (χ0v) is 15.8. The molecule has 0 atom stereocenters. The van der Waals surface area contributed by atoms with Crippen molar-refractivity contribution in [1.29, 1.82) is 0 Å². The molecule has 5 rings (SSSR count). The fourth-order valence-corrected chi connectivity index (χ4v) is 4.34. The Morgan fingerprint density at radius 2 is 1.79 bits per heavy atom. The predicted octanol–water partition coefficient (Wildman–Crippen LogP) is 2.54. The first-order chi connectivity index (χ1) is 13.7. The van der Waals surface area contributed by atoms with Crippen LogP contribution in [0.5, 0.6) is 0 Å². The van der Waals surface area contributed by atoms with Crippen molar-refractivity contribution >= 4 is 17.4 Å². The number of amides is 1. The summed E-state index contributed by atoms with van der Waals surface area (Å²) in [7, 11) is 0. The number of piperidine rings is 1. The molecule has 2 aromatic rings. The van der Waals surface area contributed by atoms with Gasteiger partial charge in [0.25, 0.3) is 5.91 Å². The molecule has 0 N–H and O–H groups in total. The predicted molar refractivity (Wildman–Crippen MR) is 104 cm³/mol. The molecule has 0 bridgehead atoms. The molecule has 3 aliphatic heterocycles. The molecule has 1 aromatic heterocycles. The average Bonchev–Trinajstić information content (AvgIpc) is 3.21. The fraction of sp³-hybridized carbons (Fsp3) is 0.476. The molecule has 1 amide bonds. The van der Waals surface area contributed by atoms with Crippen LogP contribution in [-0.4, -0.2) is 59.4 Å². The number of ether oxygens (including phenoxy) is 2. The van der Waals surface area contributed by atoms with Crippen LogP contribution in [0.2, 0.25) is 0 Å². The Labute approximate surface area is 164 Å². The SMILES string of the molecule is O=C(c1cnc(N2CCCc3ccccc32)cn1)N1CCC2(CC1)OCCO2. The number of hydrogen-bond donors (Lipinski definition) is 0. The third-order valence-corrected chi connectivity index (χ3v) is 5.87. The molecule has 0 saturated carbocycles. The minimum atomic E-state index is -0.478. The molecule has 7 heteroatoms. The summed E-state index contributed by atoms with van der Waals surface area (Å²) in [6, 6.07) is 8.39. The summed E-state index contributed by atoms with van der Waals surface area (Å²) in [5, 5.41) is 0. The second-order valence-electron chi connectivity index (χ2n) is 7.54. The van der Waals surface area contributed by atoms with Crippen LogP contribution < -0.4 is 4.90 Å². The van der Waals surface area contributed by atoms with Crippen LogP contribution in [0.15, 0.2) is 36.7 Å². The van der Waals surface area contributed by atoms with Crippen LogP contribution in [0.3, 0.4) is 0 Å². The van der Waals surface area contributed by atoms with Crippen LogP contribution in [0.1, 0.15) is 35.3 Å². The molecule has 146 valence electrons. The van der Waals surface area contributed by atoms with E-state index in [1.54, 1.807) is 12.4 Å². The highest BCUT2D eigenvalue weighted by molar-refractivity contribution is 5.92. The van der Waals surface area contributed by atoms with E-state index in [9.17, 15) is 4.79 Å². The molecule has 4 heterocycles. The average molecular weight is 380 g/mol. The quantitative estimate of drug-likeness (QED) is 0.798. The Morgan fingerprint density at radius 3 is 2.54 bits per heavy atom. The van der Waals surface area contributed by atoms with E-state index in [0.29, 0.717) is 44.8 Å². The molecule has 0 aliphatic carbocycles. The molecule has 3 aliphatic rings. The van der Waals surface area contributed by atoms with E-state index in [4.69, 9.17) is 9.47 Å². The Hall–Kier alpha value is -2.51. The number of hydrogen-bond acceptors (Lipinski definition) is 6. The lowest BCUT2D eigenvalue weighted by Crippen LogP contribution is -2.47. The van der Waals surface area contributed by atoms with Gasteiger partial charge in [-0.1, -0.05) is 18.2 Å².